The quantitative estimate of drug-likeness (QED) is 0.730. The highest BCUT2D eigenvalue weighted by molar-refractivity contribution is 6.31. The Bertz CT molecular complexity index is 898. The molecule has 0 unspecified atom stereocenters. The van der Waals surface area contributed by atoms with Crippen molar-refractivity contribution in [3.63, 3.8) is 0 Å². The summed E-state index contributed by atoms with van der Waals surface area (Å²) < 4.78 is 5.35. The summed E-state index contributed by atoms with van der Waals surface area (Å²) in [6, 6.07) is 14.9. The number of halogens is 1. The van der Waals surface area contributed by atoms with E-state index in [4.69, 9.17) is 16.3 Å². The summed E-state index contributed by atoms with van der Waals surface area (Å²) in [4.78, 5) is 21.0. The van der Waals surface area contributed by atoms with Crippen LogP contribution in [0, 0.1) is 0 Å². The van der Waals surface area contributed by atoms with E-state index in [-0.39, 0.29) is 17.9 Å². The number of fused-ring (bicyclic) bond motifs is 1. The number of benzene rings is 2. The molecule has 23 heavy (non-hydrogen) atoms. The fraction of sp³-hybridized carbons (Fsp3) is 0.167. The summed E-state index contributed by atoms with van der Waals surface area (Å²) in [5.41, 5.74) is 2.04. The molecule has 0 atom stereocenters. The zero-order valence-corrected chi connectivity index (χ0v) is 13.4. The van der Waals surface area contributed by atoms with Gasteiger partial charge in [-0.15, -0.1) is 0 Å². The lowest BCUT2D eigenvalue weighted by Gasteiger charge is -2.03. The Morgan fingerprint density at radius 1 is 1.09 bits per heavy atom. The van der Waals surface area contributed by atoms with Crippen molar-refractivity contribution in [3.05, 3.63) is 69.6 Å². The lowest BCUT2D eigenvalue weighted by Crippen LogP contribution is -2.12. The standard InChI is InChI=1S/C18H15ClN2O2/c1-2-23-11-16-18(22)21-15-9-8-13(19)10-14(15)17(20-16)12-6-4-3-5-7-12/h3-10H,2,11H2,1H3. The maximum atomic E-state index is 12.3. The van der Waals surface area contributed by atoms with Crippen LogP contribution in [-0.2, 0) is 11.3 Å². The number of hydrogen-bond acceptors (Lipinski definition) is 4. The third-order valence-electron chi connectivity index (χ3n) is 3.42. The molecule has 0 aliphatic rings. The summed E-state index contributed by atoms with van der Waals surface area (Å²) in [6.07, 6.45) is 0. The van der Waals surface area contributed by atoms with Crippen LogP contribution in [0.25, 0.3) is 22.2 Å². The van der Waals surface area contributed by atoms with Crippen LogP contribution < -0.4 is 5.56 Å². The maximum absolute atomic E-state index is 12.3. The van der Waals surface area contributed by atoms with Crippen LogP contribution in [0.15, 0.2) is 53.3 Å². The van der Waals surface area contributed by atoms with Gasteiger partial charge in [0.05, 0.1) is 17.8 Å². The van der Waals surface area contributed by atoms with Gasteiger partial charge in [-0.05, 0) is 25.1 Å². The molecule has 0 saturated heterocycles. The third-order valence-corrected chi connectivity index (χ3v) is 3.65. The van der Waals surface area contributed by atoms with Crippen LogP contribution in [0.3, 0.4) is 0 Å². The fourth-order valence-corrected chi connectivity index (χ4v) is 2.49. The number of rotatable bonds is 4. The first-order chi connectivity index (χ1) is 11.2. The lowest BCUT2D eigenvalue weighted by atomic mass is 10.1. The smallest absolute Gasteiger partial charge is 0.294 e. The first kappa shape index (κ1) is 15.6. The van der Waals surface area contributed by atoms with Crippen molar-refractivity contribution >= 4 is 22.5 Å². The molecule has 1 aromatic heterocycles. The van der Waals surface area contributed by atoms with Gasteiger partial charge in [0.15, 0.2) is 0 Å². The van der Waals surface area contributed by atoms with E-state index >= 15 is 0 Å². The molecule has 5 heteroatoms. The molecule has 0 bridgehead atoms. The van der Waals surface area contributed by atoms with E-state index in [0.29, 0.717) is 22.8 Å². The van der Waals surface area contributed by atoms with Crippen molar-refractivity contribution in [2.75, 3.05) is 6.61 Å². The van der Waals surface area contributed by atoms with E-state index < -0.39 is 0 Å². The van der Waals surface area contributed by atoms with Crippen LogP contribution in [0.5, 0.6) is 0 Å². The molecule has 116 valence electrons. The molecule has 3 aromatic rings. The van der Waals surface area contributed by atoms with Gasteiger partial charge in [0, 0.05) is 22.6 Å². The molecule has 0 fully saturated rings. The fourth-order valence-electron chi connectivity index (χ4n) is 2.32. The molecular formula is C18H15ClN2O2. The van der Waals surface area contributed by atoms with E-state index in [2.05, 4.69) is 9.97 Å². The largest absolute Gasteiger partial charge is 0.375 e. The number of ether oxygens (including phenoxy) is 1. The van der Waals surface area contributed by atoms with Crippen LogP contribution >= 0.6 is 11.6 Å². The molecule has 0 aliphatic heterocycles. The van der Waals surface area contributed by atoms with Crippen LogP contribution in [0.1, 0.15) is 12.6 Å². The minimum Gasteiger partial charge on any atom is -0.375 e. The normalized spacial score (nSPS) is 10.9. The van der Waals surface area contributed by atoms with E-state index in [1.165, 1.54) is 0 Å². The summed E-state index contributed by atoms with van der Waals surface area (Å²) in [7, 11) is 0. The van der Waals surface area contributed by atoms with E-state index in [0.717, 1.165) is 10.9 Å². The van der Waals surface area contributed by atoms with E-state index in [1.54, 1.807) is 18.2 Å². The van der Waals surface area contributed by atoms with Crippen molar-refractivity contribution in [1.29, 1.82) is 0 Å². The molecule has 0 amide bonds. The van der Waals surface area contributed by atoms with Gasteiger partial charge in [-0.3, -0.25) is 4.79 Å². The molecule has 0 radical (unpaired) electrons. The topological polar surface area (TPSA) is 52.1 Å². The van der Waals surface area contributed by atoms with E-state index in [9.17, 15) is 4.79 Å². The molecule has 3 rings (SSSR count). The molecule has 0 saturated carbocycles. The van der Waals surface area contributed by atoms with Gasteiger partial charge in [0.25, 0.3) is 5.56 Å². The Hall–Kier alpha value is -2.30. The maximum Gasteiger partial charge on any atom is 0.294 e. The van der Waals surface area contributed by atoms with Crippen LogP contribution in [0.2, 0.25) is 5.02 Å². The zero-order chi connectivity index (χ0) is 16.2. The summed E-state index contributed by atoms with van der Waals surface area (Å²) in [5.74, 6) is 0. The molecule has 0 spiro atoms. The highest BCUT2D eigenvalue weighted by atomic mass is 35.5. The Morgan fingerprint density at radius 2 is 1.87 bits per heavy atom. The lowest BCUT2D eigenvalue weighted by molar-refractivity contribution is 0.130. The van der Waals surface area contributed by atoms with Crippen LogP contribution in [-0.4, -0.2) is 16.6 Å². The zero-order valence-electron chi connectivity index (χ0n) is 12.6. The van der Waals surface area contributed by atoms with Crippen molar-refractivity contribution in [3.8, 4) is 11.3 Å². The Balaban J connectivity index is 2.36. The Labute approximate surface area is 138 Å². The van der Waals surface area contributed by atoms with Crippen molar-refractivity contribution in [2.24, 2.45) is 0 Å². The minimum absolute atomic E-state index is 0.136. The second-order valence-corrected chi connectivity index (χ2v) is 5.43. The predicted molar refractivity (Wildman–Crippen MR) is 91.6 cm³/mol. The van der Waals surface area contributed by atoms with Gasteiger partial charge < -0.3 is 4.74 Å². The average molecular weight is 327 g/mol. The van der Waals surface area contributed by atoms with Gasteiger partial charge in [-0.1, -0.05) is 41.9 Å². The van der Waals surface area contributed by atoms with E-state index in [1.807, 2.05) is 37.3 Å². The van der Waals surface area contributed by atoms with Gasteiger partial charge in [-0.2, -0.15) is 0 Å². The Kier molecular flexibility index (Phi) is 4.65. The summed E-state index contributed by atoms with van der Waals surface area (Å²) >= 11 is 6.13. The van der Waals surface area contributed by atoms with Crippen molar-refractivity contribution < 1.29 is 4.74 Å². The minimum atomic E-state index is -0.382. The molecule has 1 heterocycles. The van der Waals surface area contributed by atoms with Crippen LogP contribution in [0.4, 0.5) is 0 Å². The second-order valence-electron chi connectivity index (χ2n) is 4.99. The second kappa shape index (κ2) is 6.86. The molecule has 2 aromatic carbocycles. The van der Waals surface area contributed by atoms with Crippen molar-refractivity contribution in [1.82, 2.24) is 9.97 Å². The van der Waals surface area contributed by atoms with Crippen molar-refractivity contribution in [2.45, 2.75) is 13.5 Å². The van der Waals surface area contributed by atoms with Gasteiger partial charge >= 0.3 is 0 Å². The third kappa shape index (κ3) is 3.38. The summed E-state index contributed by atoms with van der Waals surface area (Å²) in [6.45, 7) is 2.51. The molecule has 4 nitrogen and oxygen atoms in total. The van der Waals surface area contributed by atoms with Gasteiger partial charge in [-0.25, -0.2) is 9.97 Å². The van der Waals surface area contributed by atoms with Gasteiger partial charge in [0.1, 0.15) is 5.69 Å². The Morgan fingerprint density at radius 3 is 2.61 bits per heavy atom. The summed E-state index contributed by atoms with van der Waals surface area (Å²) in [5, 5.41) is 1.31. The average Bonchev–Trinajstić information content (AvgIpc) is 2.70. The number of hydrogen-bond donors (Lipinski definition) is 0. The number of nitrogens with zero attached hydrogens (tertiary/aromatic N) is 2. The molecule has 0 N–H and O–H groups in total. The number of aromatic nitrogens is 2. The highest BCUT2D eigenvalue weighted by Gasteiger charge is 2.11. The van der Waals surface area contributed by atoms with Gasteiger partial charge in [0.2, 0.25) is 0 Å². The predicted octanol–water partition coefficient (Wildman–Crippen LogP) is 3.85. The molecular weight excluding hydrogens is 312 g/mol. The molecule has 0 aliphatic carbocycles. The first-order valence-electron chi connectivity index (χ1n) is 7.32. The monoisotopic (exact) mass is 326 g/mol. The highest BCUT2D eigenvalue weighted by Crippen LogP contribution is 2.26. The first-order valence-corrected chi connectivity index (χ1v) is 7.70. The SMILES string of the molecule is CCOCc1nc(-c2ccccc2)c2cc(Cl)ccc2nc1=O.